The fourth-order valence-corrected chi connectivity index (χ4v) is 2.21. The van der Waals surface area contributed by atoms with Crippen molar-refractivity contribution in [1.29, 1.82) is 0 Å². The van der Waals surface area contributed by atoms with Crippen molar-refractivity contribution in [1.82, 2.24) is 10.2 Å². The van der Waals surface area contributed by atoms with E-state index in [1.54, 1.807) is 6.92 Å². The Kier molecular flexibility index (Phi) is 7.31. The van der Waals surface area contributed by atoms with Crippen LogP contribution in [-0.2, 0) is 9.59 Å². The molecule has 0 unspecified atom stereocenters. The number of halogens is 2. The number of likely N-dealkylation sites (N-methyl/N-ethyl adjacent to an activating group) is 1. The highest BCUT2D eigenvalue weighted by molar-refractivity contribution is 9.10. The van der Waals surface area contributed by atoms with Gasteiger partial charge in [0.15, 0.2) is 6.61 Å². The van der Waals surface area contributed by atoms with E-state index in [1.165, 1.54) is 23.1 Å². The summed E-state index contributed by atoms with van der Waals surface area (Å²) in [7, 11) is 0. The number of nitrogens with one attached hydrogen (secondary N) is 1. The maximum absolute atomic E-state index is 13.0. The lowest BCUT2D eigenvalue weighted by Gasteiger charge is -2.21. The van der Waals surface area contributed by atoms with E-state index >= 15 is 0 Å². The summed E-state index contributed by atoms with van der Waals surface area (Å²) in [5.41, 5.74) is 0. The van der Waals surface area contributed by atoms with Gasteiger partial charge in [0.1, 0.15) is 11.6 Å². The van der Waals surface area contributed by atoms with Gasteiger partial charge < -0.3 is 15.0 Å². The molecule has 0 radical (unpaired) electrons. The summed E-state index contributed by atoms with van der Waals surface area (Å²) in [5, 5.41) is 2.73. The van der Waals surface area contributed by atoms with Crippen LogP contribution in [-0.4, -0.2) is 42.5 Å². The third kappa shape index (κ3) is 6.01. The number of carbonyl (C=O) groups is 2. The average molecular weight is 375 g/mol. The standard InChI is InChI=1S/C15H20BrFN2O3/c1-4-19(8-14(20)18-10(2)3)15(21)9-22-13-6-5-11(17)7-12(13)16/h5-7,10H,4,8-9H2,1-3H3,(H,18,20). The SMILES string of the molecule is CCN(CC(=O)NC(C)C)C(=O)COc1ccc(F)cc1Br. The number of amides is 2. The highest BCUT2D eigenvalue weighted by Crippen LogP contribution is 2.25. The lowest BCUT2D eigenvalue weighted by molar-refractivity contribution is -0.137. The zero-order valence-corrected chi connectivity index (χ0v) is 14.4. The minimum absolute atomic E-state index is 0.0124. The normalized spacial score (nSPS) is 10.5. The van der Waals surface area contributed by atoms with E-state index in [9.17, 15) is 14.0 Å². The molecule has 22 heavy (non-hydrogen) atoms. The predicted octanol–water partition coefficient (Wildman–Crippen LogP) is 2.34. The predicted molar refractivity (Wildman–Crippen MR) is 85.1 cm³/mol. The lowest BCUT2D eigenvalue weighted by Crippen LogP contribution is -2.44. The molecule has 0 heterocycles. The van der Waals surface area contributed by atoms with Gasteiger partial charge in [0, 0.05) is 12.6 Å². The molecule has 1 N–H and O–H groups in total. The molecule has 0 fully saturated rings. The Morgan fingerprint density at radius 3 is 2.64 bits per heavy atom. The van der Waals surface area contributed by atoms with Gasteiger partial charge in [-0.1, -0.05) is 0 Å². The number of rotatable bonds is 7. The minimum atomic E-state index is -0.397. The van der Waals surface area contributed by atoms with Crippen LogP contribution in [0.3, 0.4) is 0 Å². The van der Waals surface area contributed by atoms with Crippen molar-refractivity contribution in [2.45, 2.75) is 26.8 Å². The molecular formula is C15H20BrFN2O3. The number of hydrogen-bond donors (Lipinski definition) is 1. The van der Waals surface area contributed by atoms with Crippen LogP contribution in [0.4, 0.5) is 4.39 Å². The number of benzene rings is 1. The van der Waals surface area contributed by atoms with Crippen LogP contribution in [0.2, 0.25) is 0 Å². The van der Waals surface area contributed by atoms with E-state index in [4.69, 9.17) is 4.74 Å². The van der Waals surface area contributed by atoms with Crippen molar-refractivity contribution in [2.75, 3.05) is 19.7 Å². The molecule has 0 spiro atoms. The molecule has 0 aliphatic rings. The van der Waals surface area contributed by atoms with Crippen molar-refractivity contribution < 1.29 is 18.7 Å². The summed E-state index contributed by atoms with van der Waals surface area (Å²) in [6, 6.07) is 3.97. The van der Waals surface area contributed by atoms with Gasteiger partial charge in [0.25, 0.3) is 5.91 Å². The molecule has 0 aliphatic heterocycles. The fraction of sp³-hybridized carbons (Fsp3) is 0.467. The molecule has 0 saturated heterocycles. The van der Waals surface area contributed by atoms with Gasteiger partial charge in [-0.3, -0.25) is 9.59 Å². The number of hydrogen-bond acceptors (Lipinski definition) is 3. The topological polar surface area (TPSA) is 58.6 Å². The van der Waals surface area contributed by atoms with Crippen LogP contribution in [0.1, 0.15) is 20.8 Å². The average Bonchev–Trinajstić information content (AvgIpc) is 2.42. The summed E-state index contributed by atoms with van der Waals surface area (Å²) in [4.78, 5) is 25.2. The molecule has 0 aromatic heterocycles. The fourth-order valence-electron chi connectivity index (χ4n) is 1.74. The van der Waals surface area contributed by atoms with E-state index in [-0.39, 0.29) is 31.0 Å². The summed E-state index contributed by atoms with van der Waals surface area (Å²) < 4.78 is 18.8. The monoisotopic (exact) mass is 374 g/mol. The molecule has 1 aromatic carbocycles. The quantitative estimate of drug-likeness (QED) is 0.796. The molecule has 0 atom stereocenters. The maximum Gasteiger partial charge on any atom is 0.260 e. The molecule has 0 aliphatic carbocycles. The third-order valence-electron chi connectivity index (χ3n) is 2.76. The van der Waals surface area contributed by atoms with E-state index in [2.05, 4.69) is 21.2 Å². The van der Waals surface area contributed by atoms with Crippen LogP contribution < -0.4 is 10.1 Å². The van der Waals surface area contributed by atoms with Crippen molar-refractivity contribution in [3.8, 4) is 5.75 Å². The second-order valence-electron chi connectivity index (χ2n) is 4.99. The minimum Gasteiger partial charge on any atom is -0.483 e. The van der Waals surface area contributed by atoms with Gasteiger partial charge in [-0.05, 0) is 54.9 Å². The largest absolute Gasteiger partial charge is 0.483 e. The van der Waals surface area contributed by atoms with E-state index in [0.29, 0.717) is 16.8 Å². The Hall–Kier alpha value is -1.63. The van der Waals surface area contributed by atoms with E-state index in [0.717, 1.165) is 0 Å². The maximum atomic E-state index is 13.0. The van der Waals surface area contributed by atoms with Crippen molar-refractivity contribution in [2.24, 2.45) is 0 Å². The highest BCUT2D eigenvalue weighted by Gasteiger charge is 2.17. The van der Waals surface area contributed by atoms with Crippen LogP contribution in [0.5, 0.6) is 5.75 Å². The number of nitrogens with zero attached hydrogens (tertiary/aromatic N) is 1. The Bertz CT molecular complexity index is 538. The summed E-state index contributed by atoms with van der Waals surface area (Å²) in [6.45, 7) is 5.66. The van der Waals surface area contributed by atoms with Gasteiger partial charge in [-0.25, -0.2) is 4.39 Å². The molecule has 1 rings (SSSR count). The first-order chi connectivity index (χ1) is 10.3. The van der Waals surface area contributed by atoms with E-state index in [1.807, 2.05) is 13.8 Å². The van der Waals surface area contributed by atoms with Crippen molar-refractivity contribution >= 4 is 27.7 Å². The summed E-state index contributed by atoms with van der Waals surface area (Å²) in [6.07, 6.45) is 0. The Morgan fingerprint density at radius 1 is 1.41 bits per heavy atom. The molecule has 122 valence electrons. The Morgan fingerprint density at radius 2 is 2.09 bits per heavy atom. The Labute approximate surface area is 137 Å². The molecular weight excluding hydrogens is 355 g/mol. The van der Waals surface area contributed by atoms with Crippen LogP contribution in [0, 0.1) is 5.82 Å². The summed E-state index contributed by atoms with van der Waals surface area (Å²) >= 11 is 3.16. The smallest absolute Gasteiger partial charge is 0.260 e. The second kappa shape index (κ2) is 8.73. The number of carbonyl (C=O) groups excluding carboxylic acids is 2. The van der Waals surface area contributed by atoms with Crippen LogP contribution >= 0.6 is 15.9 Å². The Balaban J connectivity index is 2.56. The number of ether oxygens (including phenoxy) is 1. The molecule has 5 nitrogen and oxygen atoms in total. The van der Waals surface area contributed by atoms with E-state index < -0.39 is 5.82 Å². The first-order valence-electron chi connectivity index (χ1n) is 6.98. The van der Waals surface area contributed by atoms with Crippen LogP contribution in [0.15, 0.2) is 22.7 Å². The molecule has 0 bridgehead atoms. The summed E-state index contributed by atoms with van der Waals surface area (Å²) in [5.74, 6) is -0.547. The van der Waals surface area contributed by atoms with Gasteiger partial charge in [-0.2, -0.15) is 0 Å². The third-order valence-corrected chi connectivity index (χ3v) is 3.38. The van der Waals surface area contributed by atoms with Crippen molar-refractivity contribution in [3.05, 3.63) is 28.5 Å². The zero-order chi connectivity index (χ0) is 16.7. The zero-order valence-electron chi connectivity index (χ0n) is 12.9. The lowest BCUT2D eigenvalue weighted by atomic mass is 10.3. The van der Waals surface area contributed by atoms with Crippen LogP contribution in [0.25, 0.3) is 0 Å². The van der Waals surface area contributed by atoms with Gasteiger partial charge in [-0.15, -0.1) is 0 Å². The van der Waals surface area contributed by atoms with Crippen molar-refractivity contribution in [3.63, 3.8) is 0 Å². The second-order valence-corrected chi connectivity index (χ2v) is 5.85. The van der Waals surface area contributed by atoms with Gasteiger partial charge >= 0.3 is 0 Å². The van der Waals surface area contributed by atoms with Gasteiger partial charge in [0.05, 0.1) is 11.0 Å². The highest BCUT2D eigenvalue weighted by atomic mass is 79.9. The van der Waals surface area contributed by atoms with Gasteiger partial charge in [0.2, 0.25) is 5.91 Å². The molecule has 1 aromatic rings. The molecule has 7 heteroatoms. The first kappa shape index (κ1) is 18.4. The molecule has 0 saturated carbocycles. The first-order valence-corrected chi connectivity index (χ1v) is 7.77. The molecule has 2 amide bonds.